The van der Waals surface area contributed by atoms with E-state index in [1.807, 2.05) is 0 Å². The maximum atomic E-state index is 3.68. The highest BCUT2D eigenvalue weighted by Gasteiger charge is 2.12. The van der Waals surface area contributed by atoms with Gasteiger partial charge in [0, 0.05) is 10.5 Å². The van der Waals surface area contributed by atoms with Gasteiger partial charge in [-0.2, -0.15) is 0 Å². The van der Waals surface area contributed by atoms with Crippen LogP contribution >= 0.6 is 15.9 Å². The molecule has 1 aromatic carbocycles. The van der Waals surface area contributed by atoms with E-state index in [1.54, 1.807) is 0 Å². The number of aryl methyl sites for hydroxylation is 2. The highest BCUT2D eigenvalue weighted by atomic mass is 79.9. The Bertz CT molecular complexity index is 342. The lowest BCUT2D eigenvalue weighted by Gasteiger charge is -2.20. The number of rotatable bonds is 7. The number of hydrogen-bond donors (Lipinski definition) is 1. The fourth-order valence-corrected chi connectivity index (χ4v) is 2.52. The van der Waals surface area contributed by atoms with Crippen LogP contribution in [0.4, 0.5) is 0 Å². The zero-order chi connectivity index (χ0) is 13.5. The minimum Gasteiger partial charge on any atom is -0.310 e. The van der Waals surface area contributed by atoms with E-state index in [0.29, 0.717) is 6.04 Å². The average Bonchev–Trinajstić information content (AvgIpc) is 2.35. The average molecular weight is 312 g/mol. The molecule has 0 aliphatic carbocycles. The number of unbranched alkanes of at least 4 members (excludes halogenated alkanes) is 1. The van der Waals surface area contributed by atoms with Crippen molar-refractivity contribution in [1.29, 1.82) is 0 Å². The van der Waals surface area contributed by atoms with Crippen molar-refractivity contribution < 1.29 is 0 Å². The second kappa shape index (κ2) is 7.96. The maximum absolute atomic E-state index is 3.68. The quantitative estimate of drug-likeness (QED) is 0.720. The molecule has 0 fully saturated rings. The van der Waals surface area contributed by atoms with E-state index in [-0.39, 0.29) is 0 Å². The molecule has 1 atom stereocenters. The van der Waals surface area contributed by atoms with Gasteiger partial charge in [-0.05, 0) is 49.9 Å². The summed E-state index contributed by atoms with van der Waals surface area (Å²) in [5.74, 6) is 0. The van der Waals surface area contributed by atoms with Gasteiger partial charge in [0.25, 0.3) is 0 Å². The Balaban J connectivity index is 2.89. The predicted octanol–water partition coefficient (Wildman–Crippen LogP) is 5.30. The van der Waals surface area contributed by atoms with E-state index >= 15 is 0 Å². The zero-order valence-electron chi connectivity index (χ0n) is 12.1. The fraction of sp³-hybridized carbons (Fsp3) is 0.625. The smallest absolute Gasteiger partial charge is 0.0320 e. The molecule has 2 heteroatoms. The van der Waals surface area contributed by atoms with Gasteiger partial charge in [-0.15, -0.1) is 0 Å². The van der Waals surface area contributed by atoms with Crippen LogP contribution in [0.1, 0.15) is 62.3 Å². The van der Waals surface area contributed by atoms with Crippen LogP contribution < -0.4 is 5.32 Å². The van der Waals surface area contributed by atoms with Gasteiger partial charge in [0.2, 0.25) is 0 Å². The van der Waals surface area contributed by atoms with Crippen molar-refractivity contribution in [2.24, 2.45) is 0 Å². The van der Waals surface area contributed by atoms with Gasteiger partial charge < -0.3 is 5.32 Å². The third-order valence-electron chi connectivity index (χ3n) is 3.35. The van der Waals surface area contributed by atoms with Crippen molar-refractivity contribution in [2.45, 2.75) is 59.4 Å². The van der Waals surface area contributed by atoms with E-state index in [0.717, 1.165) is 6.54 Å². The summed E-state index contributed by atoms with van der Waals surface area (Å²) in [6, 6.07) is 5.15. The summed E-state index contributed by atoms with van der Waals surface area (Å²) in [6.45, 7) is 9.94. The summed E-state index contributed by atoms with van der Waals surface area (Å²) < 4.78 is 1.25. The van der Waals surface area contributed by atoms with E-state index in [2.05, 4.69) is 61.1 Å². The van der Waals surface area contributed by atoms with E-state index in [1.165, 1.54) is 46.8 Å². The molecule has 1 aromatic rings. The van der Waals surface area contributed by atoms with Crippen LogP contribution in [0.2, 0.25) is 0 Å². The van der Waals surface area contributed by atoms with Crippen LogP contribution in [0.15, 0.2) is 16.6 Å². The third kappa shape index (κ3) is 4.40. The molecular weight excluding hydrogens is 286 g/mol. The van der Waals surface area contributed by atoms with E-state index in [9.17, 15) is 0 Å². The first-order valence-corrected chi connectivity index (χ1v) is 7.89. The molecule has 0 heterocycles. The first kappa shape index (κ1) is 15.7. The van der Waals surface area contributed by atoms with Crippen molar-refractivity contribution in [3.63, 3.8) is 0 Å². The fourth-order valence-electron chi connectivity index (χ4n) is 2.29. The lowest BCUT2D eigenvalue weighted by atomic mass is 9.97. The minimum absolute atomic E-state index is 0.510. The number of halogens is 1. The van der Waals surface area contributed by atoms with Crippen molar-refractivity contribution in [3.05, 3.63) is 33.3 Å². The number of benzene rings is 1. The van der Waals surface area contributed by atoms with Crippen LogP contribution in [-0.2, 0) is 0 Å². The topological polar surface area (TPSA) is 12.0 Å². The Morgan fingerprint density at radius 1 is 1.11 bits per heavy atom. The first-order chi connectivity index (χ1) is 8.60. The van der Waals surface area contributed by atoms with Crippen LogP contribution in [0.3, 0.4) is 0 Å². The summed E-state index contributed by atoms with van der Waals surface area (Å²) >= 11 is 3.65. The molecule has 0 aromatic heterocycles. The number of nitrogens with one attached hydrogen (secondary N) is 1. The molecular formula is C16H26BrN. The van der Waals surface area contributed by atoms with Gasteiger partial charge in [-0.25, -0.2) is 0 Å². The van der Waals surface area contributed by atoms with Crippen LogP contribution in [0.5, 0.6) is 0 Å². The maximum Gasteiger partial charge on any atom is 0.0320 e. The normalized spacial score (nSPS) is 12.7. The molecule has 0 amide bonds. The Kier molecular flexibility index (Phi) is 6.95. The Labute approximate surface area is 120 Å². The SMILES string of the molecule is CCCCC(NCCC)c1cc(C)c(Br)c(C)c1. The molecule has 0 spiro atoms. The molecule has 0 radical (unpaired) electrons. The van der Waals surface area contributed by atoms with Crippen molar-refractivity contribution in [1.82, 2.24) is 5.32 Å². The summed E-state index contributed by atoms with van der Waals surface area (Å²) in [5, 5.41) is 3.68. The Morgan fingerprint density at radius 2 is 1.72 bits per heavy atom. The Hall–Kier alpha value is -0.340. The number of hydrogen-bond acceptors (Lipinski definition) is 1. The molecule has 1 rings (SSSR count). The molecule has 0 bridgehead atoms. The summed E-state index contributed by atoms with van der Waals surface area (Å²) in [6.07, 6.45) is 4.97. The van der Waals surface area contributed by atoms with Crippen LogP contribution in [-0.4, -0.2) is 6.54 Å². The van der Waals surface area contributed by atoms with Crippen LogP contribution in [0.25, 0.3) is 0 Å². The van der Waals surface area contributed by atoms with Gasteiger partial charge in [0.1, 0.15) is 0 Å². The van der Waals surface area contributed by atoms with Gasteiger partial charge in [-0.1, -0.05) is 54.8 Å². The van der Waals surface area contributed by atoms with Gasteiger partial charge in [-0.3, -0.25) is 0 Å². The van der Waals surface area contributed by atoms with Gasteiger partial charge in [0.05, 0.1) is 0 Å². The molecule has 1 nitrogen and oxygen atoms in total. The lowest BCUT2D eigenvalue weighted by molar-refractivity contribution is 0.481. The molecule has 1 unspecified atom stereocenters. The molecule has 102 valence electrons. The largest absolute Gasteiger partial charge is 0.310 e. The lowest BCUT2D eigenvalue weighted by Crippen LogP contribution is -2.22. The molecule has 18 heavy (non-hydrogen) atoms. The zero-order valence-corrected chi connectivity index (χ0v) is 13.7. The first-order valence-electron chi connectivity index (χ1n) is 7.10. The highest BCUT2D eigenvalue weighted by molar-refractivity contribution is 9.10. The summed E-state index contributed by atoms with van der Waals surface area (Å²) in [7, 11) is 0. The summed E-state index contributed by atoms with van der Waals surface area (Å²) in [5.41, 5.74) is 4.12. The molecule has 0 saturated heterocycles. The third-order valence-corrected chi connectivity index (χ3v) is 4.60. The van der Waals surface area contributed by atoms with Crippen molar-refractivity contribution in [2.75, 3.05) is 6.54 Å². The van der Waals surface area contributed by atoms with Gasteiger partial charge in [0.15, 0.2) is 0 Å². The molecule has 0 saturated carbocycles. The molecule has 1 N–H and O–H groups in total. The predicted molar refractivity (Wildman–Crippen MR) is 84.2 cm³/mol. The second-order valence-electron chi connectivity index (χ2n) is 5.12. The van der Waals surface area contributed by atoms with Crippen molar-refractivity contribution in [3.8, 4) is 0 Å². The second-order valence-corrected chi connectivity index (χ2v) is 5.91. The van der Waals surface area contributed by atoms with Crippen LogP contribution in [0, 0.1) is 13.8 Å². The molecule has 0 aliphatic rings. The standard InChI is InChI=1S/C16H26BrN/c1-5-7-8-15(18-9-6-2)14-10-12(3)16(17)13(4)11-14/h10-11,15,18H,5-9H2,1-4H3. The monoisotopic (exact) mass is 311 g/mol. The van der Waals surface area contributed by atoms with Crippen molar-refractivity contribution >= 4 is 15.9 Å². The summed E-state index contributed by atoms with van der Waals surface area (Å²) in [4.78, 5) is 0. The Morgan fingerprint density at radius 3 is 2.22 bits per heavy atom. The molecule has 0 aliphatic heterocycles. The highest BCUT2D eigenvalue weighted by Crippen LogP contribution is 2.27. The van der Waals surface area contributed by atoms with E-state index in [4.69, 9.17) is 0 Å². The van der Waals surface area contributed by atoms with E-state index < -0.39 is 0 Å². The minimum atomic E-state index is 0.510. The van der Waals surface area contributed by atoms with Gasteiger partial charge >= 0.3 is 0 Å².